The highest BCUT2D eigenvalue weighted by Gasteiger charge is 2.74. The third kappa shape index (κ3) is 1.02. The average molecular weight is 234 g/mol. The Labute approximate surface area is 92.5 Å². The quantitative estimate of drug-likeness (QED) is 0.649. The molecule has 0 saturated carbocycles. The van der Waals surface area contributed by atoms with Crippen LogP contribution in [0.4, 0.5) is 0 Å². The van der Waals surface area contributed by atoms with Crippen LogP contribution >= 0.6 is 17.7 Å². The molecule has 1 nitrogen and oxygen atoms in total. The summed E-state index contributed by atoms with van der Waals surface area (Å²) in [4.78, 5) is 0. The lowest BCUT2D eigenvalue weighted by atomic mass is 9.69. The third-order valence-electron chi connectivity index (χ3n) is 4.84. The molecule has 1 saturated heterocycles. The van der Waals surface area contributed by atoms with Crippen LogP contribution in [0.3, 0.4) is 0 Å². The first-order valence-corrected chi connectivity index (χ1v) is 8.61. The Morgan fingerprint density at radius 2 is 1.36 bits per heavy atom. The molecular formula is C11H23OPS. The summed E-state index contributed by atoms with van der Waals surface area (Å²) in [5.41, 5.74) is 0.164. The SMILES string of the molecule is CCSP1(=O)C(C)(C)C(C)(C)C1(C)C. The van der Waals surface area contributed by atoms with Crippen LogP contribution in [-0.4, -0.2) is 16.1 Å². The summed E-state index contributed by atoms with van der Waals surface area (Å²) < 4.78 is 13.0. The summed E-state index contributed by atoms with van der Waals surface area (Å²) in [5, 5.41) is -0.0473. The average Bonchev–Trinajstić information content (AvgIpc) is 2.02. The number of hydrogen-bond acceptors (Lipinski definition) is 2. The van der Waals surface area contributed by atoms with Crippen LogP contribution in [0.5, 0.6) is 0 Å². The Bertz CT molecular complexity index is 270. The van der Waals surface area contributed by atoms with Crippen molar-refractivity contribution < 1.29 is 4.57 Å². The van der Waals surface area contributed by atoms with Gasteiger partial charge in [-0.15, -0.1) is 0 Å². The molecule has 0 spiro atoms. The smallest absolute Gasteiger partial charge is 0.150 e. The van der Waals surface area contributed by atoms with Gasteiger partial charge in [-0.25, -0.2) is 0 Å². The van der Waals surface area contributed by atoms with Gasteiger partial charge in [0.2, 0.25) is 0 Å². The van der Waals surface area contributed by atoms with E-state index in [1.807, 2.05) is 0 Å². The van der Waals surface area contributed by atoms with Crippen LogP contribution < -0.4 is 0 Å². The van der Waals surface area contributed by atoms with Gasteiger partial charge < -0.3 is 4.57 Å². The van der Waals surface area contributed by atoms with Gasteiger partial charge in [-0.05, 0) is 11.2 Å². The molecule has 0 aromatic carbocycles. The molecule has 0 bridgehead atoms. The topological polar surface area (TPSA) is 17.1 Å². The van der Waals surface area contributed by atoms with Gasteiger partial charge >= 0.3 is 0 Å². The molecule has 1 rings (SSSR count). The zero-order chi connectivity index (χ0) is 11.4. The van der Waals surface area contributed by atoms with Crippen molar-refractivity contribution in [2.45, 2.75) is 58.8 Å². The van der Waals surface area contributed by atoms with Crippen molar-refractivity contribution in [2.24, 2.45) is 5.41 Å². The van der Waals surface area contributed by atoms with Gasteiger partial charge in [0.05, 0.1) is 0 Å². The largest absolute Gasteiger partial charge is 0.311 e. The van der Waals surface area contributed by atoms with Gasteiger partial charge in [0, 0.05) is 10.3 Å². The number of rotatable bonds is 2. The molecule has 0 N–H and O–H groups in total. The lowest BCUT2D eigenvalue weighted by Gasteiger charge is -2.69. The maximum Gasteiger partial charge on any atom is 0.150 e. The molecule has 0 atom stereocenters. The molecule has 0 aromatic heterocycles. The van der Waals surface area contributed by atoms with E-state index in [2.05, 4.69) is 48.5 Å². The van der Waals surface area contributed by atoms with E-state index >= 15 is 0 Å². The molecule has 1 heterocycles. The summed E-state index contributed by atoms with van der Waals surface area (Å²) in [6.07, 6.45) is -2.10. The van der Waals surface area contributed by atoms with E-state index < -0.39 is 6.34 Å². The summed E-state index contributed by atoms with van der Waals surface area (Å²) in [5.74, 6) is 0.959. The van der Waals surface area contributed by atoms with Gasteiger partial charge in [0.25, 0.3) is 0 Å². The Kier molecular flexibility index (Phi) is 2.75. The Balaban J connectivity index is 3.19. The van der Waals surface area contributed by atoms with E-state index in [0.29, 0.717) is 0 Å². The Morgan fingerprint density at radius 3 is 1.64 bits per heavy atom. The molecule has 14 heavy (non-hydrogen) atoms. The first-order valence-electron chi connectivity index (χ1n) is 5.31. The van der Waals surface area contributed by atoms with Crippen LogP contribution in [0, 0.1) is 5.41 Å². The predicted molar refractivity (Wildman–Crippen MR) is 67.7 cm³/mol. The fourth-order valence-electron chi connectivity index (χ4n) is 2.63. The van der Waals surface area contributed by atoms with E-state index in [1.165, 1.54) is 0 Å². The molecule has 84 valence electrons. The maximum absolute atomic E-state index is 13.0. The molecular weight excluding hydrogens is 211 g/mol. The number of hydrogen-bond donors (Lipinski definition) is 0. The van der Waals surface area contributed by atoms with E-state index in [4.69, 9.17) is 0 Å². The molecule has 0 radical (unpaired) electrons. The Morgan fingerprint density at radius 1 is 1.00 bits per heavy atom. The zero-order valence-electron chi connectivity index (χ0n) is 10.5. The summed E-state index contributed by atoms with van der Waals surface area (Å²) in [6, 6.07) is 0. The van der Waals surface area contributed by atoms with Crippen molar-refractivity contribution in [3.8, 4) is 0 Å². The first kappa shape index (κ1) is 12.6. The molecule has 3 heteroatoms. The van der Waals surface area contributed by atoms with Gasteiger partial charge in [0.1, 0.15) is 0 Å². The van der Waals surface area contributed by atoms with Crippen LogP contribution in [-0.2, 0) is 4.57 Å². The minimum atomic E-state index is -2.10. The highest BCUT2D eigenvalue weighted by molar-refractivity contribution is 8.59. The lowest BCUT2D eigenvalue weighted by molar-refractivity contribution is 0.146. The van der Waals surface area contributed by atoms with Crippen LogP contribution in [0.15, 0.2) is 0 Å². The zero-order valence-corrected chi connectivity index (χ0v) is 12.2. The first-order chi connectivity index (χ1) is 6.06. The van der Waals surface area contributed by atoms with Crippen molar-refractivity contribution in [3.05, 3.63) is 0 Å². The van der Waals surface area contributed by atoms with Crippen LogP contribution in [0.2, 0.25) is 0 Å². The van der Waals surface area contributed by atoms with Crippen molar-refractivity contribution in [3.63, 3.8) is 0 Å². The van der Waals surface area contributed by atoms with Gasteiger partial charge in [-0.1, -0.05) is 59.8 Å². The lowest BCUT2D eigenvalue weighted by Crippen LogP contribution is -2.64. The summed E-state index contributed by atoms with van der Waals surface area (Å²) in [7, 11) is 0. The monoisotopic (exact) mass is 234 g/mol. The van der Waals surface area contributed by atoms with E-state index in [-0.39, 0.29) is 15.7 Å². The molecule has 1 aliphatic rings. The maximum atomic E-state index is 13.0. The normalized spacial score (nSPS) is 30.8. The van der Waals surface area contributed by atoms with Crippen molar-refractivity contribution >= 4 is 17.7 Å². The van der Waals surface area contributed by atoms with Crippen LogP contribution in [0.25, 0.3) is 0 Å². The van der Waals surface area contributed by atoms with Gasteiger partial charge in [0.15, 0.2) is 6.34 Å². The highest BCUT2D eigenvalue weighted by Crippen LogP contribution is 2.92. The molecule has 1 fully saturated rings. The fraction of sp³-hybridized carbons (Fsp3) is 1.00. The van der Waals surface area contributed by atoms with E-state index in [9.17, 15) is 4.57 Å². The molecule has 0 aliphatic carbocycles. The van der Waals surface area contributed by atoms with Crippen LogP contribution in [0.1, 0.15) is 48.5 Å². The second kappa shape index (κ2) is 3.04. The fourth-order valence-corrected chi connectivity index (χ4v) is 11.3. The summed E-state index contributed by atoms with van der Waals surface area (Å²) >= 11 is 1.69. The summed E-state index contributed by atoms with van der Waals surface area (Å²) in [6.45, 7) is 15.3. The van der Waals surface area contributed by atoms with Crippen molar-refractivity contribution in [1.29, 1.82) is 0 Å². The van der Waals surface area contributed by atoms with Gasteiger partial charge in [-0.2, -0.15) is 0 Å². The second-order valence-corrected chi connectivity index (χ2v) is 12.2. The standard InChI is InChI=1S/C11H23OPS/c1-8-14-13(12)10(4,5)9(2,3)11(13,6)7/h8H2,1-7H3. The van der Waals surface area contributed by atoms with Crippen molar-refractivity contribution in [1.82, 2.24) is 0 Å². The molecule has 1 aliphatic heterocycles. The predicted octanol–water partition coefficient (Wildman–Crippen LogP) is 4.61. The second-order valence-electron chi connectivity index (χ2n) is 5.71. The van der Waals surface area contributed by atoms with E-state index in [1.54, 1.807) is 11.4 Å². The third-order valence-corrected chi connectivity index (χ3v) is 14.1. The molecule has 0 unspecified atom stereocenters. The van der Waals surface area contributed by atoms with E-state index in [0.717, 1.165) is 5.75 Å². The Hall–Kier alpha value is 0.580. The minimum absolute atomic E-state index is 0.0236. The molecule has 0 aromatic rings. The molecule has 0 amide bonds. The minimum Gasteiger partial charge on any atom is -0.311 e. The van der Waals surface area contributed by atoms with Crippen molar-refractivity contribution in [2.75, 3.05) is 5.75 Å². The highest BCUT2D eigenvalue weighted by atomic mass is 32.7. The van der Waals surface area contributed by atoms with Gasteiger partial charge in [-0.3, -0.25) is 0 Å².